The molecule has 140 valence electrons. The molecule has 0 saturated heterocycles. The number of rotatable bonds is 10. The van der Waals surface area contributed by atoms with Crippen molar-refractivity contribution in [2.75, 3.05) is 40.5 Å². The Hall–Kier alpha value is -1.92. The van der Waals surface area contributed by atoms with Gasteiger partial charge in [0.1, 0.15) is 6.04 Å². The zero-order valence-electron chi connectivity index (χ0n) is 15.9. The molecule has 1 rings (SSSR count). The second-order valence-electron chi connectivity index (χ2n) is 6.38. The smallest absolute Gasteiger partial charge is 0.251 e. The molecule has 0 heterocycles. The summed E-state index contributed by atoms with van der Waals surface area (Å²) in [5.41, 5.74) is 1.56. The Labute approximate surface area is 150 Å². The molecule has 0 bridgehead atoms. The first-order valence-electron chi connectivity index (χ1n) is 8.54. The fourth-order valence-electron chi connectivity index (χ4n) is 2.46. The first-order valence-corrected chi connectivity index (χ1v) is 8.54. The van der Waals surface area contributed by atoms with Gasteiger partial charge in [-0.1, -0.05) is 31.5 Å². The van der Waals surface area contributed by atoms with E-state index < -0.39 is 6.04 Å². The van der Waals surface area contributed by atoms with Crippen molar-refractivity contribution in [3.05, 3.63) is 35.4 Å². The van der Waals surface area contributed by atoms with Gasteiger partial charge < -0.3 is 19.7 Å². The molecule has 1 N–H and O–H groups in total. The van der Waals surface area contributed by atoms with Crippen molar-refractivity contribution in [2.45, 2.75) is 26.8 Å². The highest BCUT2D eigenvalue weighted by molar-refractivity contribution is 5.97. The average molecular weight is 350 g/mol. The zero-order chi connectivity index (χ0) is 18.8. The van der Waals surface area contributed by atoms with Crippen LogP contribution in [-0.4, -0.2) is 63.3 Å². The van der Waals surface area contributed by atoms with Crippen molar-refractivity contribution in [3.63, 3.8) is 0 Å². The molecule has 0 fully saturated rings. The summed E-state index contributed by atoms with van der Waals surface area (Å²) in [4.78, 5) is 27.1. The standard InChI is InChI=1S/C19H30N2O4/c1-14(2)17(19(23)21(9-11-24-4)10-12-25-5)20-18(22)16-8-6-7-15(3)13-16/h6-8,13-14,17H,9-12H2,1-5H3,(H,20,22). The number of carbonyl (C=O) groups is 2. The van der Waals surface area contributed by atoms with E-state index in [0.717, 1.165) is 5.56 Å². The molecule has 1 unspecified atom stereocenters. The molecule has 2 amide bonds. The maximum atomic E-state index is 12.9. The summed E-state index contributed by atoms with van der Waals surface area (Å²) in [7, 11) is 3.19. The van der Waals surface area contributed by atoms with Crippen molar-refractivity contribution in [1.82, 2.24) is 10.2 Å². The summed E-state index contributed by atoms with van der Waals surface area (Å²) >= 11 is 0. The Morgan fingerprint density at radius 2 is 1.72 bits per heavy atom. The number of benzene rings is 1. The van der Waals surface area contributed by atoms with Crippen molar-refractivity contribution in [1.29, 1.82) is 0 Å². The Balaban J connectivity index is 2.88. The van der Waals surface area contributed by atoms with Crippen LogP contribution in [0.3, 0.4) is 0 Å². The largest absolute Gasteiger partial charge is 0.383 e. The zero-order valence-corrected chi connectivity index (χ0v) is 15.9. The Morgan fingerprint density at radius 1 is 1.12 bits per heavy atom. The van der Waals surface area contributed by atoms with E-state index in [4.69, 9.17) is 9.47 Å². The highest BCUT2D eigenvalue weighted by Gasteiger charge is 2.28. The van der Waals surface area contributed by atoms with Crippen molar-refractivity contribution >= 4 is 11.8 Å². The highest BCUT2D eigenvalue weighted by atomic mass is 16.5. The van der Waals surface area contributed by atoms with Crippen LogP contribution in [0.2, 0.25) is 0 Å². The summed E-state index contributed by atoms with van der Waals surface area (Å²) in [5, 5.41) is 2.88. The van der Waals surface area contributed by atoms with Gasteiger partial charge in [-0.05, 0) is 25.0 Å². The van der Waals surface area contributed by atoms with Gasteiger partial charge in [0.2, 0.25) is 5.91 Å². The number of carbonyl (C=O) groups excluding carboxylic acids is 2. The minimum atomic E-state index is -0.596. The lowest BCUT2D eigenvalue weighted by Gasteiger charge is -2.29. The summed E-state index contributed by atoms with van der Waals surface area (Å²) in [6.45, 7) is 7.57. The van der Waals surface area contributed by atoms with E-state index in [9.17, 15) is 9.59 Å². The molecular weight excluding hydrogens is 320 g/mol. The van der Waals surface area contributed by atoms with Gasteiger partial charge in [-0.2, -0.15) is 0 Å². The summed E-state index contributed by atoms with van der Waals surface area (Å²) in [6, 6.07) is 6.73. The first-order chi connectivity index (χ1) is 11.9. The molecule has 0 saturated carbocycles. The molecule has 0 spiro atoms. The van der Waals surface area contributed by atoms with Gasteiger partial charge in [-0.3, -0.25) is 9.59 Å². The normalized spacial score (nSPS) is 12.1. The molecule has 0 radical (unpaired) electrons. The van der Waals surface area contributed by atoms with Gasteiger partial charge in [0.25, 0.3) is 5.91 Å². The van der Waals surface area contributed by atoms with Crippen LogP contribution in [0.1, 0.15) is 29.8 Å². The molecular formula is C19H30N2O4. The summed E-state index contributed by atoms with van der Waals surface area (Å²) < 4.78 is 10.2. The molecule has 0 aliphatic heterocycles. The van der Waals surface area contributed by atoms with E-state index in [2.05, 4.69) is 5.32 Å². The quantitative estimate of drug-likeness (QED) is 0.699. The Kier molecular flexibility index (Phi) is 9.16. The van der Waals surface area contributed by atoms with Crippen LogP contribution in [0.25, 0.3) is 0 Å². The van der Waals surface area contributed by atoms with E-state index >= 15 is 0 Å². The lowest BCUT2D eigenvalue weighted by atomic mass is 10.0. The van der Waals surface area contributed by atoms with Crippen LogP contribution in [0, 0.1) is 12.8 Å². The fourth-order valence-corrected chi connectivity index (χ4v) is 2.46. The molecule has 25 heavy (non-hydrogen) atoms. The van der Waals surface area contributed by atoms with E-state index in [0.29, 0.717) is 31.9 Å². The summed E-state index contributed by atoms with van der Waals surface area (Å²) in [5.74, 6) is -0.395. The van der Waals surface area contributed by atoms with Crippen LogP contribution in [0.15, 0.2) is 24.3 Å². The molecule has 6 heteroatoms. The third-order valence-corrected chi connectivity index (χ3v) is 3.94. The summed E-state index contributed by atoms with van der Waals surface area (Å²) in [6.07, 6.45) is 0. The molecule has 6 nitrogen and oxygen atoms in total. The van der Waals surface area contributed by atoms with Crippen LogP contribution in [-0.2, 0) is 14.3 Å². The van der Waals surface area contributed by atoms with Gasteiger partial charge in [0, 0.05) is 32.9 Å². The number of hydrogen-bond donors (Lipinski definition) is 1. The maximum Gasteiger partial charge on any atom is 0.251 e. The number of nitrogens with zero attached hydrogens (tertiary/aromatic N) is 1. The number of nitrogens with one attached hydrogen (secondary N) is 1. The maximum absolute atomic E-state index is 12.9. The number of aryl methyl sites for hydroxylation is 1. The second kappa shape index (κ2) is 10.8. The van der Waals surface area contributed by atoms with Crippen molar-refractivity contribution < 1.29 is 19.1 Å². The van der Waals surface area contributed by atoms with E-state index in [-0.39, 0.29) is 17.7 Å². The molecule has 0 aliphatic rings. The number of hydrogen-bond acceptors (Lipinski definition) is 4. The minimum Gasteiger partial charge on any atom is -0.383 e. The van der Waals surface area contributed by atoms with Crippen LogP contribution in [0.4, 0.5) is 0 Å². The van der Waals surface area contributed by atoms with Crippen molar-refractivity contribution in [2.24, 2.45) is 5.92 Å². The van der Waals surface area contributed by atoms with Gasteiger partial charge in [0.05, 0.1) is 13.2 Å². The predicted molar refractivity (Wildman–Crippen MR) is 97.6 cm³/mol. The van der Waals surface area contributed by atoms with E-state index in [1.807, 2.05) is 39.0 Å². The molecule has 1 aromatic rings. The van der Waals surface area contributed by atoms with Crippen LogP contribution in [0.5, 0.6) is 0 Å². The predicted octanol–water partition coefficient (Wildman–Crippen LogP) is 1.87. The topological polar surface area (TPSA) is 67.9 Å². The number of methoxy groups -OCH3 is 2. The molecule has 0 aliphatic carbocycles. The number of ether oxygens (including phenoxy) is 2. The third kappa shape index (κ3) is 6.84. The Bertz CT molecular complexity index is 552. The lowest BCUT2D eigenvalue weighted by Crippen LogP contribution is -2.52. The van der Waals surface area contributed by atoms with E-state index in [1.54, 1.807) is 25.2 Å². The van der Waals surface area contributed by atoms with Crippen LogP contribution >= 0.6 is 0 Å². The Morgan fingerprint density at radius 3 is 2.20 bits per heavy atom. The monoisotopic (exact) mass is 350 g/mol. The van der Waals surface area contributed by atoms with Gasteiger partial charge in [-0.15, -0.1) is 0 Å². The third-order valence-electron chi connectivity index (χ3n) is 3.94. The minimum absolute atomic E-state index is 0.0335. The van der Waals surface area contributed by atoms with Crippen LogP contribution < -0.4 is 5.32 Å². The molecule has 0 aromatic heterocycles. The SMILES string of the molecule is COCCN(CCOC)C(=O)C(NC(=O)c1cccc(C)c1)C(C)C. The highest BCUT2D eigenvalue weighted by Crippen LogP contribution is 2.10. The average Bonchev–Trinajstić information content (AvgIpc) is 2.58. The second-order valence-corrected chi connectivity index (χ2v) is 6.38. The van der Waals surface area contributed by atoms with Gasteiger partial charge >= 0.3 is 0 Å². The van der Waals surface area contributed by atoms with Gasteiger partial charge in [0.15, 0.2) is 0 Å². The number of amides is 2. The molecule has 1 atom stereocenters. The first kappa shape index (κ1) is 21.1. The van der Waals surface area contributed by atoms with E-state index in [1.165, 1.54) is 0 Å². The van der Waals surface area contributed by atoms with Crippen molar-refractivity contribution in [3.8, 4) is 0 Å². The van der Waals surface area contributed by atoms with Gasteiger partial charge in [-0.25, -0.2) is 0 Å². The lowest BCUT2D eigenvalue weighted by molar-refractivity contribution is -0.135. The molecule has 1 aromatic carbocycles. The fraction of sp³-hybridized carbons (Fsp3) is 0.579.